The molecule has 0 saturated heterocycles. The summed E-state index contributed by atoms with van der Waals surface area (Å²) < 4.78 is 11.0. The van der Waals surface area contributed by atoms with E-state index in [4.69, 9.17) is 9.47 Å². The highest BCUT2D eigenvalue weighted by atomic mass is 16.5. The fourth-order valence-electron chi connectivity index (χ4n) is 2.54. The van der Waals surface area contributed by atoms with Crippen molar-refractivity contribution in [1.82, 2.24) is 0 Å². The van der Waals surface area contributed by atoms with Crippen LogP contribution in [-0.4, -0.2) is 30.9 Å². The molecule has 1 aromatic carbocycles. The summed E-state index contributed by atoms with van der Waals surface area (Å²) in [6, 6.07) is 7.41. The molecule has 2 rings (SSSR count). The molecule has 4 nitrogen and oxygen atoms in total. The highest BCUT2D eigenvalue weighted by Gasteiger charge is 2.44. The predicted molar refractivity (Wildman–Crippen MR) is 71.6 cm³/mol. The molecule has 0 spiro atoms. The van der Waals surface area contributed by atoms with Crippen LogP contribution in [0.4, 0.5) is 0 Å². The maximum atomic E-state index is 11.8. The van der Waals surface area contributed by atoms with E-state index in [1.54, 1.807) is 0 Å². The van der Waals surface area contributed by atoms with Gasteiger partial charge in [0.05, 0.1) is 6.61 Å². The van der Waals surface area contributed by atoms with Crippen molar-refractivity contribution in [2.45, 2.75) is 31.6 Å². The van der Waals surface area contributed by atoms with Gasteiger partial charge < -0.3 is 14.6 Å². The first-order valence-electron chi connectivity index (χ1n) is 6.74. The summed E-state index contributed by atoms with van der Waals surface area (Å²) in [6.07, 6.45) is 1.93. The maximum Gasteiger partial charge on any atom is 0.314 e. The lowest BCUT2D eigenvalue weighted by atomic mass is 9.73. The van der Waals surface area contributed by atoms with Crippen molar-refractivity contribution in [3.8, 4) is 5.75 Å². The summed E-state index contributed by atoms with van der Waals surface area (Å²) >= 11 is 0. The highest BCUT2D eigenvalue weighted by molar-refractivity contribution is 5.83. The van der Waals surface area contributed by atoms with Crippen molar-refractivity contribution in [3.63, 3.8) is 0 Å². The fourth-order valence-corrected chi connectivity index (χ4v) is 2.54. The van der Waals surface area contributed by atoms with Crippen LogP contribution in [0.1, 0.15) is 31.7 Å². The summed E-state index contributed by atoms with van der Waals surface area (Å²) in [4.78, 5) is 11.8. The van der Waals surface area contributed by atoms with Gasteiger partial charge in [-0.05, 0) is 18.9 Å². The molecule has 1 aliphatic rings. The number of hydrogen-bond acceptors (Lipinski definition) is 3. The lowest BCUT2D eigenvalue weighted by Crippen LogP contribution is -2.41. The Kier molecular flexibility index (Phi) is 4.43. The van der Waals surface area contributed by atoms with Gasteiger partial charge >= 0.3 is 5.97 Å². The van der Waals surface area contributed by atoms with Gasteiger partial charge in [0, 0.05) is 25.2 Å². The van der Waals surface area contributed by atoms with Crippen LogP contribution in [0.3, 0.4) is 0 Å². The highest BCUT2D eigenvalue weighted by Crippen LogP contribution is 2.41. The van der Waals surface area contributed by atoms with Gasteiger partial charge in [-0.15, -0.1) is 0 Å². The summed E-state index contributed by atoms with van der Waals surface area (Å²) in [6.45, 7) is 3.62. The van der Waals surface area contributed by atoms with Gasteiger partial charge in [-0.25, -0.2) is 0 Å². The average molecular weight is 264 g/mol. The number of carboxylic acid groups (broad SMARTS) is 1. The van der Waals surface area contributed by atoms with E-state index in [0.29, 0.717) is 38.4 Å². The Morgan fingerprint density at radius 2 is 2.21 bits per heavy atom. The summed E-state index contributed by atoms with van der Waals surface area (Å²) in [7, 11) is 0. The van der Waals surface area contributed by atoms with Crippen LogP contribution < -0.4 is 4.74 Å². The van der Waals surface area contributed by atoms with E-state index in [9.17, 15) is 9.90 Å². The number of rotatable bonds is 6. The third-order valence-electron chi connectivity index (χ3n) is 3.62. The third-order valence-corrected chi connectivity index (χ3v) is 3.62. The molecule has 1 N–H and O–H groups in total. The Morgan fingerprint density at radius 3 is 2.95 bits per heavy atom. The summed E-state index contributed by atoms with van der Waals surface area (Å²) in [5.41, 5.74) is -0.100. The molecule has 1 aliphatic heterocycles. The van der Waals surface area contributed by atoms with Crippen molar-refractivity contribution < 1.29 is 19.4 Å². The van der Waals surface area contributed by atoms with Gasteiger partial charge in [-0.2, -0.15) is 0 Å². The molecule has 104 valence electrons. The van der Waals surface area contributed by atoms with Crippen LogP contribution in [0.2, 0.25) is 0 Å². The van der Waals surface area contributed by atoms with Crippen LogP contribution in [0, 0.1) is 0 Å². The van der Waals surface area contributed by atoms with Crippen LogP contribution in [0.15, 0.2) is 24.3 Å². The molecule has 1 aromatic rings. The van der Waals surface area contributed by atoms with Crippen LogP contribution in [-0.2, 0) is 14.9 Å². The molecular weight excluding hydrogens is 244 g/mol. The van der Waals surface area contributed by atoms with E-state index < -0.39 is 11.4 Å². The number of fused-ring (bicyclic) bond motifs is 1. The molecule has 0 saturated carbocycles. The van der Waals surface area contributed by atoms with Crippen molar-refractivity contribution in [3.05, 3.63) is 29.8 Å². The van der Waals surface area contributed by atoms with E-state index in [2.05, 4.69) is 0 Å². The fraction of sp³-hybridized carbons (Fsp3) is 0.533. The zero-order valence-electron chi connectivity index (χ0n) is 11.2. The Morgan fingerprint density at radius 1 is 1.42 bits per heavy atom. The number of ether oxygens (including phenoxy) is 2. The zero-order chi connectivity index (χ0) is 13.7. The van der Waals surface area contributed by atoms with Gasteiger partial charge in [0.1, 0.15) is 11.2 Å². The molecule has 4 heteroatoms. The smallest absolute Gasteiger partial charge is 0.314 e. The molecule has 0 aromatic heterocycles. The lowest BCUT2D eigenvalue weighted by Gasteiger charge is -2.35. The summed E-state index contributed by atoms with van der Waals surface area (Å²) in [5, 5.41) is 9.68. The van der Waals surface area contributed by atoms with Crippen molar-refractivity contribution in [2.24, 2.45) is 0 Å². The standard InChI is InChI=1S/C15H20O4/c1-2-9-18-10-7-15(14(16)17)8-11-19-13-6-4-3-5-12(13)15/h3-6H,2,7-11H2,1H3,(H,16,17). The molecule has 0 amide bonds. The molecule has 19 heavy (non-hydrogen) atoms. The van der Waals surface area contributed by atoms with Gasteiger partial charge in [-0.3, -0.25) is 4.79 Å². The van der Waals surface area contributed by atoms with Gasteiger partial charge in [0.2, 0.25) is 0 Å². The number of carboxylic acids is 1. The Bertz CT molecular complexity index is 444. The third kappa shape index (κ3) is 2.73. The van der Waals surface area contributed by atoms with E-state index in [0.717, 1.165) is 12.0 Å². The van der Waals surface area contributed by atoms with Gasteiger partial charge in [0.15, 0.2) is 0 Å². The Balaban J connectivity index is 2.23. The molecule has 1 heterocycles. The van der Waals surface area contributed by atoms with Crippen LogP contribution in [0.5, 0.6) is 5.75 Å². The molecule has 0 fully saturated rings. The molecule has 0 aliphatic carbocycles. The van der Waals surface area contributed by atoms with Crippen LogP contribution in [0.25, 0.3) is 0 Å². The number of benzene rings is 1. The minimum absolute atomic E-state index is 0.442. The number of carbonyl (C=O) groups is 1. The second-order valence-electron chi connectivity index (χ2n) is 4.84. The maximum absolute atomic E-state index is 11.8. The normalized spacial score (nSPS) is 21.5. The van der Waals surface area contributed by atoms with Crippen molar-refractivity contribution in [1.29, 1.82) is 0 Å². The monoisotopic (exact) mass is 264 g/mol. The van der Waals surface area contributed by atoms with E-state index in [-0.39, 0.29) is 0 Å². The minimum atomic E-state index is -0.872. The SMILES string of the molecule is CCCOCCC1(C(=O)O)CCOc2ccccc21. The lowest BCUT2D eigenvalue weighted by molar-refractivity contribution is -0.146. The first-order chi connectivity index (χ1) is 9.20. The Labute approximate surface area is 113 Å². The van der Waals surface area contributed by atoms with E-state index in [1.807, 2.05) is 31.2 Å². The van der Waals surface area contributed by atoms with Gasteiger partial charge in [-0.1, -0.05) is 25.1 Å². The number of aliphatic carboxylic acids is 1. The second-order valence-corrected chi connectivity index (χ2v) is 4.84. The minimum Gasteiger partial charge on any atom is -0.493 e. The van der Waals surface area contributed by atoms with Crippen molar-refractivity contribution >= 4 is 5.97 Å². The first-order valence-corrected chi connectivity index (χ1v) is 6.74. The molecule has 1 unspecified atom stereocenters. The molecule has 0 radical (unpaired) electrons. The predicted octanol–water partition coefficient (Wildman–Crippen LogP) is 2.61. The second kappa shape index (κ2) is 6.06. The topological polar surface area (TPSA) is 55.8 Å². The molecule has 1 atom stereocenters. The molecule has 0 bridgehead atoms. The number of para-hydroxylation sites is 1. The zero-order valence-corrected chi connectivity index (χ0v) is 11.2. The van der Waals surface area contributed by atoms with E-state index >= 15 is 0 Å². The number of hydrogen-bond donors (Lipinski definition) is 1. The summed E-state index contributed by atoms with van der Waals surface area (Å²) in [5.74, 6) is -0.102. The quantitative estimate of drug-likeness (QED) is 0.802. The average Bonchev–Trinajstić information content (AvgIpc) is 2.43. The first kappa shape index (κ1) is 13.9. The largest absolute Gasteiger partial charge is 0.493 e. The van der Waals surface area contributed by atoms with E-state index in [1.165, 1.54) is 0 Å². The Hall–Kier alpha value is -1.55. The molecular formula is C15H20O4. The van der Waals surface area contributed by atoms with Crippen LogP contribution >= 0.6 is 0 Å². The van der Waals surface area contributed by atoms with Gasteiger partial charge in [0.25, 0.3) is 0 Å². The van der Waals surface area contributed by atoms with Crippen molar-refractivity contribution in [2.75, 3.05) is 19.8 Å².